The SMILES string of the molecule is CCOc1ccccc1C(C)Nc1ccccc1CC. The number of hydrogen-bond donors (Lipinski definition) is 1. The van der Waals surface area contributed by atoms with Gasteiger partial charge in [0.25, 0.3) is 0 Å². The van der Waals surface area contributed by atoms with Crippen LogP contribution in [0.4, 0.5) is 5.69 Å². The standard InChI is InChI=1S/C18H23NO/c1-4-15-10-6-8-12-17(15)19-14(3)16-11-7-9-13-18(16)20-5-2/h6-14,19H,4-5H2,1-3H3. The van der Waals surface area contributed by atoms with Crippen molar-refractivity contribution >= 4 is 5.69 Å². The summed E-state index contributed by atoms with van der Waals surface area (Å²) in [5.74, 6) is 0.962. The molecule has 2 aromatic carbocycles. The first-order chi connectivity index (χ1) is 9.76. The van der Waals surface area contributed by atoms with Gasteiger partial charge in [-0.1, -0.05) is 43.3 Å². The normalized spacial score (nSPS) is 11.9. The van der Waals surface area contributed by atoms with Crippen LogP contribution in [0.15, 0.2) is 48.5 Å². The van der Waals surface area contributed by atoms with E-state index in [4.69, 9.17) is 4.74 Å². The number of benzene rings is 2. The van der Waals surface area contributed by atoms with Gasteiger partial charge in [-0.2, -0.15) is 0 Å². The molecular formula is C18H23NO. The summed E-state index contributed by atoms with van der Waals surface area (Å²) >= 11 is 0. The van der Waals surface area contributed by atoms with E-state index < -0.39 is 0 Å². The maximum Gasteiger partial charge on any atom is 0.124 e. The van der Waals surface area contributed by atoms with Gasteiger partial charge in [-0.05, 0) is 38.0 Å². The van der Waals surface area contributed by atoms with Crippen LogP contribution in [0, 0.1) is 0 Å². The predicted octanol–water partition coefficient (Wildman–Crippen LogP) is 4.82. The molecule has 0 aliphatic carbocycles. The topological polar surface area (TPSA) is 21.3 Å². The molecule has 0 radical (unpaired) electrons. The summed E-state index contributed by atoms with van der Waals surface area (Å²) in [4.78, 5) is 0. The minimum Gasteiger partial charge on any atom is -0.494 e. The number of hydrogen-bond acceptors (Lipinski definition) is 2. The molecule has 0 fully saturated rings. The van der Waals surface area contributed by atoms with Crippen molar-refractivity contribution in [2.24, 2.45) is 0 Å². The maximum absolute atomic E-state index is 5.71. The Kier molecular flexibility index (Phi) is 5.05. The summed E-state index contributed by atoms with van der Waals surface area (Å²) < 4.78 is 5.71. The first-order valence-electron chi connectivity index (χ1n) is 7.32. The molecule has 2 rings (SSSR count). The van der Waals surface area contributed by atoms with Gasteiger partial charge < -0.3 is 10.1 Å². The highest BCUT2D eigenvalue weighted by molar-refractivity contribution is 5.53. The summed E-state index contributed by atoms with van der Waals surface area (Å²) in [6, 6.07) is 16.9. The largest absolute Gasteiger partial charge is 0.494 e. The highest BCUT2D eigenvalue weighted by Crippen LogP contribution is 2.29. The Hall–Kier alpha value is -1.96. The lowest BCUT2D eigenvalue weighted by Gasteiger charge is -2.20. The fraction of sp³-hybridized carbons (Fsp3) is 0.333. The van der Waals surface area contributed by atoms with Gasteiger partial charge in [0.2, 0.25) is 0 Å². The van der Waals surface area contributed by atoms with E-state index in [1.807, 2.05) is 19.1 Å². The van der Waals surface area contributed by atoms with Gasteiger partial charge in [-0.3, -0.25) is 0 Å². The first kappa shape index (κ1) is 14.4. The van der Waals surface area contributed by atoms with Crippen molar-refractivity contribution in [3.8, 4) is 5.75 Å². The van der Waals surface area contributed by atoms with Crippen molar-refractivity contribution in [2.75, 3.05) is 11.9 Å². The first-order valence-corrected chi connectivity index (χ1v) is 7.32. The number of aryl methyl sites for hydroxylation is 1. The quantitative estimate of drug-likeness (QED) is 0.811. The molecule has 0 aliphatic heterocycles. The van der Waals surface area contributed by atoms with Crippen LogP contribution in [0.1, 0.15) is 37.9 Å². The molecule has 0 saturated carbocycles. The third kappa shape index (κ3) is 3.32. The minimum atomic E-state index is 0.213. The molecule has 0 spiro atoms. The number of ether oxygens (including phenoxy) is 1. The molecule has 0 bridgehead atoms. The predicted molar refractivity (Wildman–Crippen MR) is 85.5 cm³/mol. The fourth-order valence-corrected chi connectivity index (χ4v) is 2.41. The Morgan fingerprint density at radius 1 is 1.00 bits per heavy atom. The monoisotopic (exact) mass is 269 g/mol. The zero-order valence-corrected chi connectivity index (χ0v) is 12.5. The van der Waals surface area contributed by atoms with Gasteiger partial charge in [0, 0.05) is 11.3 Å². The number of nitrogens with one attached hydrogen (secondary N) is 1. The summed E-state index contributed by atoms with van der Waals surface area (Å²) in [6.07, 6.45) is 1.03. The molecule has 0 heterocycles. The number of para-hydroxylation sites is 2. The average Bonchev–Trinajstić information content (AvgIpc) is 2.48. The summed E-state index contributed by atoms with van der Waals surface area (Å²) in [5, 5.41) is 3.60. The van der Waals surface area contributed by atoms with Crippen LogP contribution in [-0.4, -0.2) is 6.61 Å². The Bertz CT molecular complexity index is 551. The third-order valence-electron chi connectivity index (χ3n) is 3.46. The Balaban J connectivity index is 2.21. The molecule has 0 amide bonds. The van der Waals surface area contributed by atoms with Crippen molar-refractivity contribution in [1.29, 1.82) is 0 Å². The average molecular weight is 269 g/mol. The molecule has 20 heavy (non-hydrogen) atoms. The molecule has 0 aliphatic rings. The van der Waals surface area contributed by atoms with Gasteiger partial charge >= 0.3 is 0 Å². The molecule has 0 saturated heterocycles. The van der Waals surface area contributed by atoms with Crippen LogP contribution in [0.5, 0.6) is 5.75 Å². The lowest BCUT2D eigenvalue weighted by Crippen LogP contribution is -2.10. The van der Waals surface area contributed by atoms with Crippen molar-refractivity contribution in [3.05, 3.63) is 59.7 Å². The van der Waals surface area contributed by atoms with Gasteiger partial charge in [-0.15, -0.1) is 0 Å². The van der Waals surface area contributed by atoms with Crippen LogP contribution in [0.3, 0.4) is 0 Å². The zero-order chi connectivity index (χ0) is 14.4. The highest BCUT2D eigenvalue weighted by Gasteiger charge is 2.12. The Morgan fingerprint density at radius 2 is 1.70 bits per heavy atom. The molecule has 2 aromatic rings. The summed E-state index contributed by atoms with van der Waals surface area (Å²) in [5.41, 5.74) is 3.74. The van der Waals surface area contributed by atoms with E-state index in [0.29, 0.717) is 6.61 Å². The second-order valence-electron chi connectivity index (χ2n) is 4.85. The van der Waals surface area contributed by atoms with Crippen LogP contribution >= 0.6 is 0 Å². The molecule has 0 aromatic heterocycles. The van der Waals surface area contributed by atoms with Crippen LogP contribution in [0.2, 0.25) is 0 Å². The molecule has 2 nitrogen and oxygen atoms in total. The number of rotatable bonds is 6. The van der Waals surface area contributed by atoms with E-state index in [2.05, 4.69) is 55.6 Å². The van der Waals surface area contributed by atoms with Crippen molar-refractivity contribution in [2.45, 2.75) is 33.2 Å². The van der Waals surface area contributed by atoms with Crippen molar-refractivity contribution in [1.82, 2.24) is 0 Å². The maximum atomic E-state index is 5.71. The van der Waals surface area contributed by atoms with Crippen LogP contribution < -0.4 is 10.1 Å². The van der Waals surface area contributed by atoms with E-state index in [1.54, 1.807) is 0 Å². The molecule has 106 valence electrons. The van der Waals surface area contributed by atoms with Crippen LogP contribution in [0.25, 0.3) is 0 Å². The molecule has 1 N–H and O–H groups in total. The van der Waals surface area contributed by atoms with Crippen molar-refractivity contribution < 1.29 is 4.74 Å². The molecule has 2 heteroatoms. The lowest BCUT2D eigenvalue weighted by atomic mass is 10.1. The van der Waals surface area contributed by atoms with Gasteiger partial charge in [-0.25, -0.2) is 0 Å². The summed E-state index contributed by atoms with van der Waals surface area (Å²) in [6.45, 7) is 7.06. The van der Waals surface area contributed by atoms with E-state index in [1.165, 1.54) is 16.8 Å². The van der Waals surface area contributed by atoms with Crippen LogP contribution in [-0.2, 0) is 6.42 Å². The summed E-state index contributed by atoms with van der Waals surface area (Å²) in [7, 11) is 0. The smallest absolute Gasteiger partial charge is 0.124 e. The van der Waals surface area contributed by atoms with Crippen molar-refractivity contribution in [3.63, 3.8) is 0 Å². The van der Waals surface area contributed by atoms with Gasteiger partial charge in [0.15, 0.2) is 0 Å². The van der Waals surface area contributed by atoms with E-state index in [0.717, 1.165) is 12.2 Å². The Morgan fingerprint density at radius 3 is 2.45 bits per heavy atom. The number of anilines is 1. The second kappa shape index (κ2) is 6.99. The molecular weight excluding hydrogens is 246 g/mol. The third-order valence-corrected chi connectivity index (χ3v) is 3.46. The zero-order valence-electron chi connectivity index (χ0n) is 12.5. The lowest BCUT2D eigenvalue weighted by molar-refractivity contribution is 0.335. The van der Waals surface area contributed by atoms with Gasteiger partial charge in [0.05, 0.1) is 12.6 Å². The second-order valence-corrected chi connectivity index (χ2v) is 4.85. The van der Waals surface area contributed by atoms with E-state index in [9.17, 15) is 0 Å². The fourth-order valence-electron chi connectivity index (χ4n) is 2.41. The van der Waals surface area contributed by atoms with E-state index in [-0.39, 0.29) is 6.04 Å². The minimum absolute atomic E-state index is 0.213. The molecule has 1 atom stereocenters. The Labute approximate surface area is 121 Å². The van der Waals surface area contributed by atoms with E-state index >= 15 is 0 Å². The molecule has 1 unspecified atom stereocenters. The highest BCUT2D eigenvalue weighted by atomic mass is 16.5. The van der Waals surface area contributed by atoms with Gasteiger partial charge in [0.1, 0.15) is 5.75 Å².